The van der Waals surface area contributed by atoms with Crippen molar-refractivity contribution in [2.24, 2.45) is 0 Å². The van der Waals surface area contributed by atoms with Crippen LogP contribution < -0.4 is 5.32 Å². The molecule has 1 N–H and O–H groups in total. The lowest BCUT2D eigenvalue weighted by molar-refractivity contribution is -0.136. The number of carbonyl (C=O) groups is 1. The Morgan fingerprint density at radius 2 is 1.75 bits per heavy atom. The van der Waals surface area contributed by atoms with Gasteiger partial charge >= 0.3 is 6.18 Å². The molecular formula is C14H25F3N2O. The number of carbonyl (C=O) groups excluding carboxylic acids is 1. The molecule has 0 aromatic heterocycles. The third kappa shape index (κ3) is 7.12. The number of nitrogens with one attached hydrogen (secondary N) is 1. The maximum atomic E-state index is 12.2. The van der Waals surface area contributed by atoms with Crippen molar-refractivity contribution < 1.29 is 18.0 Å². The Balaban J connectivity index is 2.17. The minimum Gasteiger partial charge on any atom is -0.341 e. The van der Waals surface area contributed by atoms with Crippen LogP contribution in [0.2, 0.25) is 0 Å². The highest BCUT2D eigenvalue weighted by Gasteiger charge is 2.26. The molecule has 1 unspecified atom stereocenters. The number of alkyl halides is 3. The summed E-state index contributed by atoms with van der Waals surface area (Å²) in [4.78, 5) is 14.0. The van der Waals surface area contributed by atoms with Crippen LogP contribution in [0.1, 0.15) is 51.9 Å². The van der Waals surface area contributed by atoms with Gasteiger partial charge in [0.2, 0.25) is 5.91 Å². The molecule has 1 amide bonds. The Morgan fingerprint density at radius 3 is 2.30 bits per heavy atom. The van der Waals surface area contributed by atoms with Gasteiger partial charge in [-0.2, -0.15) is 13.2 Å². The molecule has 1 aliphatic heterocycles. The summed E-state index contributed by atoms with van der Waals surface area (Å²) in [5.41, 5.74) is 0. The van der Waals surface area contributed by atoms with Crippen LogP contribution in [-0.2, 0) is 4.79 Å². The van der Waals surface area contributed by atoms with Gasteiger partial charge in [-0.05, 0) is 39.2 Å². The van der Waals surface area contributed by atoms with E-state index >= 15 is 0 Å². The predicted molar refractivity (Wildman–Crippen MR) is 72.4 cm³/mol. The summed E-state index contributed by atoms with van der Waals surface area (Å²) >= 11 is 0. The molecule has 118 valence electrons. The topological polar surface area (TPSA) is 32.3 Å². The lowest BCUT2D eigenvalue weighted by Crippen LogP contribution is -2.45. The molecule has 0 aromatic rings. The first-order valence-corrected chi connectivity index (χ1v) is 7.49. The van der Waals surface area contributed by atoms with Crippen LogP contribution in [0.15, 0.2) is 0 Å². The minimum absolute atomic E-state index is 0.0720. The number of amides is 1. The summed E-state index contributed by atoms with van der Waals surface area (Å²) in [5.74, 6) is 0.0720. The predicted octanol–water partition coefficient (Wildman–Crippen LogP) is 3.10. The molecule has 0 saturated carbocycles. The lowest BCUT2D eigenvalue weighted by Gasteiger charge is -2.24. The van der Waals surface area contributed by atoms with Gasteiger partial charge in [0, 0.05) is 19.5 Å². The second-order valence-corrected chi connectivity index (χ2v) is 5.49. The van der Waals surface area contributed by atoms with E-state index in [1.54, 1.807) is 6.92 Å². The second kappa shape index (κ2) is 8.49. The molecule has 0 spiro atoms. The Bertz CT molecular complexity index is 287. The van der Waals surface area contributed by atoms with Gasteiger partial charge in [-0.3, -0.25) is 4.79 Å². The lowest BCUT2D eigenvalue weighted by atomic mass is 10.2. The summed E-state index contributed by atoms with van der Waals surface area (Å²) in [6, 6.07) is -0.306. The second-order valence-electron chi connectivity index (χ2n) is 5.49. The Kier molecular flexibility index (Phi) is 7.34. The third-order valence-corrected chi connectivity index (χ3v) is 3.63. The molecule has 1 heterocycles. The van der Waals surface area contributed by atoms with E-state index in [0.29, 0.717) is 13.0 Å². The van der Waals surface area contributed by atoms with Gasteiger partial charge < -0.3 is 10.2 Å². The van der Waals surface area contributed by atoms with Crippen molar-refractivity contribution in [2.75, 3.05) is 19.6 Å². The first-order valence-electron chi connectivity index (χ1n) is 7.49. The number of hydrogen-bond donors (Lipinski definition) is 1. The molecule has 1 fully saturated rings. The fraction of sp³-hybridized carbons (Fsp3) is 0.929. The van der Waals surface area contributed by atoms with Crippen molar-refractivity contribution in [1.82, 2.24) is 10.2 Å². The monoisotopic (exact) mass is 294 g/mol. The highest BCUT2D eigenvalue weighted by molar-refractivity contribution is 5.81. The first kappa shape index (κ1) is 17.3. The molecule has 0 radical (unpaired) electrons. The van der Waals surface area contributed by atoms with E-state index in [-0.39, 0.29) is 18.4 Å². The minimum atomic E-state index is -4.08. The van der Waals surface area contributed by atoms with Crippen molar-refractivity contribution in [3.05, 3.63) is 0 Å². The molecule has 6 heteroatoms. The molecule has 0 aliphatic carbocycles. The molecule has 0 aromatic carbocycles. The largest absolute Gasteiger partial charge is 0.389 e. The van der Waals surface area contributed by atoms with Crippen LogP contribution in [0.4, 0.5) is 13.2 Å². The van der Waals surface area contributed by atoms with Crippen LogP contribution in [0.5, 0.6) is 0 Å². The number of rotatable bonds is 6. The van der Waals surface area contributed by atoms with Crippen LogP contribution in [0, 0.1) is 0 Å². The third-order valence-electron chi connectivity index (χ3n) is 3.63. The summed E-state index contributed by atoms with van der Waals surface area (Å²) in [6.45, 7) is 3.85. The highest BCUT2D eigenvalue weighted by atomic mass is 19.4. The zero-order chi connectivity index (χ0) is 15.0. The average Bonchev–Trinajstić information content (AvgIpc) is 2.64. The maximum Gasteiger partial charge on any atom is 0.389 e. The number of nitrogens with zero attached hydrogens (tertiary/aromatic N) is 1. The van der Waals surface area contributed by atoms with Crippen LogP contribution in [0.3, 0.4) is 0 Å². The molecular weight excluding hydrogens is 269 g/mol. The molecule has 1 aliphatic rings. The van der Waals surface area contributed by atoms with E-state index < -0.39 is 12.6 Å². The molecule has 20 heavy (non-hydrogen) atoms. The summed E-state index contributed by atoms with van der Waals surface area (Å²) in [7, 11) is 0. The number of unbranched alkanes of at least 4 members (excludes halogenated alkanes) is 1. The molecule has 3 nitrogen and oxygen atoms in total. The van der Waals surface area contributed by atoms with Crippen molar-refractivity contribution in [3.63, 3.8) is 0 Å². The van der Waals surface area contributed by atoms with Crippen molar-refractivity contribution in [3.8, 4) is 0 Å². The quantitative estimate of drug-likeness (QED) is 0.763. The highest BCUT2D eigenvalue weighted by Crippen LogP contribution is 2.21. The maximum absolute atomic E-state index is 12.2. The van der Waals surface area contributed by atoms with Crippen molar-refractivity contribution in [2.45, 2.75) is 64.1 Å². The van der Waals surface area contributed by atoms with Gasteiger partial charge in [0.05, 0.1) is 6.04 Å². The van der Waals surface area contributed by atoms with Gasteiger partial charge in [-0.1, -0.05) is 12.8 Å². The first-order chi connectivity index (χ1) is 9.40. The van der Waals surface area contributed by atoms with E-state index in [9.17, 15) is 18.0 Å². The van der Waals surface area contributed by atoms with Crippen LogP contribution in [-0.4, -0.2) is 42.7 Å². The van der Waals surface area contributed by atoms with Crippen LogP contribution >= 0.6 is 0 Å². The van der Waals surface area contributed by atoms with Gasteiger partial charge in [0.15, 0.2) is 0 Å². The summed E-state index contributed by atoms with van der Waals surface area (Å²) < 4.78 is 35.9. The molecule has 1 atom stereocenters. The Hall–Kier alpha value is -0.780. The molecule has 0 bridgehead atoms. The number of likely N-dealkylation sites (tertiary alicyclic amines) is 1. The van der Waals surface area contributed by atoms with Crippen LogP contribution in [0.25, 0.3) is 0 Å². The van der Waals surface area contributed by atoms with E-state index in [1.165, 1.54) is 12.8 Å². The Morgan fingerprint density at radius 1 is 1.15 bits per heavy atom. The normalized spacial score (nSPS) is 18.7. The van der Waals surface area contributed by atoms with E-state index in [4.69, 9.17) is 0 Å². The summed E-state index contributed by atoms with van der Waals surface area (Å²) in [5, 5.41) is 3.03. The smallest absolute Gasteiger partial charge is 0.341 e. The fourth-order valence-corrected chi connectivity index (χ4v) is 2.42. The van der Waals surface area contributed by atoms with Gasteiger partial charge in [-0.25, -0.2) is 0 Å². The van der Waals surface area contributed by atoms with E-state index in [2.05, 4.69) is 5.32 Å². The number of halogens is 3. The molecule has 1 saturated heterocycles. The zero-order valence-corrected chi connectivity index (χ0v) is 12.1. The summed E-state index contributed by atoms with van der Waals surface area (Å²) in [6.07, 6.45) is 0.162. The Labute approximate surface area is 118 Å². The average molecular weight is 294 g/mol. The fourth-order valence-electron chi connectivity index (χ4n) is 2.42. The zero-order valence-electron chi connectivity index (χ0n) is 12.1. The van der Waals surface area contributed by atoms with Crippen molar-refractivity contribution in [1.29, 1.82) is 0 Å². The SMILES string of the molecule is CC(NCCCCC(F)(F)F)C(=O)N1CCCCCC1. The standard InChI is InChI=1S/C14H25F3N2O/c1-12(18-9-5-4-8-14(15,16)17)13(20)19-10-6-2-3-7-11-19/h12,18H,2-11H2,1H3. The number of hydrogen-bond acceptors (Lipinski definition) is 2. The van der Waals surface area contributed by atoms with Gasteiger partial charge in [0.25, 0.3) is 0 Å². The van der Waals surface area contributed by atoms with Gasteiger partial charge in [-0.15, -0.1) is 0 Å². The van der Waals surface area contributed by atoms with Gasteiger partial charge in [0.1, 0.15) is 0 Å². The van der Waals surface area contributed by atoms with E-state index in [1.807, 2.05) is 4.90 Å². The van der Waals surface area contributed by atoms with Crippen molar-refractivity contribution >= 4 is 5.91 Å². The van der Waals surface area contributed by atoms with E-state index in [0.717, 1.165) is 25.9 Å². The molecule has 1 rings (SSSR count).